The van der Waals surface area contributed by atoms with Gasteiger partial charge in [0, 0.05) is 0 Å². The van der Waals surface area contributed by atoms with E-state index in [1.807, 2.05) is 37.3 Å². The Morgan fingerprint density at radius 2 is 1.64 bits per heavy atom. The van der Waals surface area contributed by atoms with E-state index in [0.29, 0.717) is 11.3 Å². The van der Waals surface area contributed by atoms with Crippen LogP contribution < -0.4 is 10.6 Å². The summed E-state index contributed by atoms with van der Waals surface area (Å²) in [6.07, 6.45) is -0.614. The molecule has 0 spiro atoms. The average molecular weight is 298 g/mol. The zero-order valence-corrected chi connectivity index (χ0v) is 12.5. The van der Waals surface area contributed by atoms with Gasteiger partial charge in [-0.1, -0.05) is 42.5 Å². The van der Waals surface area contributed by atoms with Crippen LogP contribution in [0.2, 0.25) is 0 Å². The predicted molar refractivity (Wildman–Crippen MR) is 84.8 cm³/mol. The molecule has 0 aliphatic heterocycles. The topological polar surface area (TPSA) is 67.4 Å². The molecule has 2 N–H and O–H groups in total. The van der Waals surface area contributed by atoms with Crippen molar-refractivity contribution in [1.82, 2.24) is 5.32 Å². The van der Waals surface area contributed by atoms with Gasteiger partial charge in [0.15, 0.2) is 0 Å². The molecule has 1 unspecified atom stereocenters. The smallest absolute Gasteiger partial charge is 0.411 e. The zero-order chi connectivity index (χ0) is 15.9. The number of hydrogen-bond donors (Lipinski definition) is 2. The monoisotopic (exact) mass is 298 g/mol. The van der Waals surface area contributed by atoms with Gasteiger partial charge in [0.05, 0.1) is 24.4 Å². The summed E-state index contributed by atoms with van der Waals surface area (Å²) in [5.74, 6) is -0.261. The highest BCUT2D eigenvalue weighted by atomic mass is 16.5. The maximum atomic E-state index is 12.4. The Balaban J connectivity index is 2.14. The number of methoxy groups -OCH3 is 1. The fourth-order valence-electron chi connectivity index (χ4n) is 2.05. The molecule has 5 nitrogen and oxygen atoms in total. The molecule has 22 heavy (non-hydrogen) atoms. The van der Waals surface area contributed by atoms with E-state index in [0.717, 1.165) is 5.56 Å². The van der Waals surface area contributed by atoms with E-state index in [1.165, 1.54) is 7.11 Å². The van der Waals surface area contributed by atoms with Crippen molar-refractivity contribution in [3.63, 3.8) is 0 Å². The Morgan fingerprint density at radius 3 is 2.32 bits per heavy atom. The summed E-state index contributed by atoms with van der Waals surface area (Å²) >= 11 is 0. The van der Waals surface area contributed by atoms with Crippen LogP contribution in [0.15, 0.2) is 54.6 Å². The van der Waals surface area contributed by atoms with Gasteiger partial charge in [-0.3, -0.25) is 10.1 Å². The highest BCUT2D eigenvalue weighted by molar-refractivity contribution is 6.02. The molecule has 0 saturated heterocycles. The number of nitrogens with one attached hydrogen (secondary N) is 2. The molecular formula is C17H18N2O3. The van der Waals surface area contributed by atoms with Crippen LogP contribution in [-0.4, -0.2) is 19.1 Å². The van der Waals surface area contributed by atoms with Gasteiger partial charge in [0.1, 0.15) is 0 Å². The van der Waals surface area contributed by atoms with Crippen molar-refractivity contribution in [2.45, 2.75) is 13.0 Å². The highest BCUT2D eigenvalue weighted by Crippen LogP contribution is 2.18. The van der Waals surface area contributed by atoms with E-state index in [2.05, 4.69) is 15.4 Å². The molecule has 5 heteroatoms. The first-order chi connectivity index (χ1) is 10.6. The van der Waals surface area contributed by atoms with Gasteiger partial charge in [0.25, 0.3) is 5.91 Å². The van der Waals surface area contributed by atoms with Crippen LogP contribution in [0.3, 0.4) is 0 Å². The van der Waals surface area contributed by atoms with Crippen LogP contribution in [0.25, 0.3) is 0 Å². The fourth-order valence-corrected chi connectivity index (χ4v) is 2.05. The van der Waals surface area contributed by atoms with Crippen LogP contribution in [-0.2, 0) is 4.74 Å². The third kappa shape index (κ3) is 3.85. The number of carbonyl (C=O) groups is 2. The van der Waals surface area contributed by atoms with Crippen molar-refractivity contribution >= 4 is 17.7 Å². The number of hydrogen-bond acceptors (Lipinski definition) is 3. The number of amides is 2. The van der Waals surface area contributed by atoms with Crippen molar-refractivity contribution in [2.24, 2.45) is 0 Å². The minimum Gasteiger partial charge on any atom is -0.453 e. The molecule has 2 aromatic rings. The summed E-state index contributed by atoms with van der Waals surface area (Å²) in [5.41, 5.74) is 1.80. The van der Waals surface area contributed by atoms with E-state index >= 15 is 0 Å². The Bertz CT molecular complexity index is 656. The number of rotatable bonds is 4. The van der Waals surface area contributed by atoms with Crippen LogP contribution >= 0.6 is 0 Å². The molecule has 1 atom stereocenters. The molecule has 0 bridgehead atoms. The second-order valence-electron chi connectivity index (χ2n) is 4.77. The lowest BCUT2D eigenvalue weighted by Crippen LogP contribution is -2.28. The van der Waals surface area contributed by atoms with Crippen LogP contribution in [0.4, 0.5) is 10.5 Å². The molecule has 0 aromatic heterocycles. The van der Waals surface area contributed by atoms with Gasteiger partial charge in [-0.2, -0.15) is 0 Å². The van der Waals surface area contributed by atoms with Gasteiger partial charge >= 0.3 is 6.09 Å². The molecule has 2 amide bonds. The van der Waals surface area contributed by atoms with E-state index in [9.17, 15) is 9.59 Å². The molecule has 0 radical (unpaired) electrons. The molecule has 0 heterocycles. The van der Waals surface area contributed by atoms with Crippen LogP contribution in [0.5, 0.6) is 0 Å². The Labute approximate surface area is 129 Å². The van der Waals surface area contributed by atoms with Crippen molar-refractivity contribution in [1.29, 1.82) is 0 Å². The number of benzene rings is 2. The molecule has 0 saturated carbocycles. The van der Waals surface area contributed by atoms with Gasteiger partial charge in [-0.25, -0.2) is 4.79 Å². The normalized spacial score (nSPS) is 11.4. The molecular weight excluding hydrogens is 280 g/mol. The molecule has 0 aliphatic rings. The summed E-state index contributed by atoms with van der Waals surface area (Å²) in [5, 5.41) is 5.45. The van der Waals surface area contributed by atoms with Gasteiger partial charge < -0.3 is 10.1 Å². The van der Waals surface area contributed by atoms with Gasteiger partial charge in [-0.05, 0) is 24.6 Å². The van der Waals surface area contributed by atoms with Crippen molar-refractivity contribution in [3.8, 4) is 0 Å². The van der Waals surface area contributed by atoms with Crippen molar-refractivity contribution in [3.05, 3.63) is 65.7 Å². The first-order valence-corrected chi connectivity index (χ1v) is 6.91. The van der Waals surface area contributed by atoms with E-state index < -0.39 is 6.09 Å². The fraction of sp³-hybridized carbons (Fsp3) is 0.176. The van der Waals surface area contributed by atoms with Gasteiger partial charge in [0.2, 0.25) is 0 Å². The van der Waals surface area contributed by atoms with E-state index in [1.54, 1.807) is 24.3 Å². The van der Waals surface area contributed by atoms with E-state index in [4.69, 9.17) is 0 Å². The minimum absolute atomic E-state index is 0.139. The number of para-hydroxylation sites is 1. The second-order valence-corrected chi connectivity index (χ2v) is 4.77. The average Bonchev–Trinajstić information content (AvgIpc) is 2.55. The Kier molecular flexibility index (Phi) is 5.14. The number of anilines is 1. The third-order valence-corrected chi connectivity index (χ3v) is 3.24. The van der Waals surface area contributed by atoms with E-state index in [-0.39, 0.29) is 11.9 Å². The molecule has 0 fully saturated rings. The van der Waals surface area contributed by atoms with Gasteiger partial charge in [-0.15, -0.1) is 0 Å². The van der Waals surface area contributed by atoms with Crippen molar-refractivity contribution in [2.75, 3.05) is 12.4 Å². The first kappa shape index (κ1) is 15.6. The van der Waals surface area contributed by atoms with Crippen LogP contribution in [0, 0.1) is 0 Å². The second kappa shape index (κ2) is 7.26. The lowest BCUT2D eigenvalue weighted by Gasteiger charge is -2.16. The molecule has 0 aliphatic carbocycles. The Morgan fingerprint density at radius 1 is 1.00 bits per heavy atom. The largest absolute Gasteiger partial charge is 0.453 e. The maximum absolute atomic E-state index is 12.4. The molecule has 114 valence electrons. The summed E-state index contributed by atoms with van der Waals surface area (Å²) in [4.78, 5) is 23.8. The number of carbonyl (C=O) groups excluding carboxylic acids is 2. The Hall–Kier alpha value is -2.82. The summed E-state index contributed by atoms with van der Waals surface area (Å²) in [7, 11) is 1.27. The maximum Gasteiger partial charge on any atom is 0.411 e. The summed E-state index contributed by atoms with van der Waals surface area (Å²) < 4.78 is 4.56. The summed E-state index contributed by atoms with van der Waals surface area (Å²) in [6, 6.07) is 16.3. The highest BCUT2D eigenvalue weighted by Gasteiger charge is 2.15. The SMILES string of the molecule is COC(=O)Nc1ccccc1C(=O)NC(C)c1ccccc1. The molecule has 2 rings (SSSR count). The third-order valence-electron chi connectivity index (χ3n) is 3.24. The van der Waals surface area contributed by atoms with Crippen molar-refractivity contribution < 1.29 is 14.3 Å². The summed E-state index contributed by atoms with van der Waals surface area (Å²) in [6.45, 7) is 1.91. The lowest BCUT2D eigenvalue weighted by atomic mass is 10.1. The minimum atomic E-state index is -0.614. The first-order valence-electron chi connectivity index (χ1n) is 6.91. The standard InChI is InChI=1S/C17H18N2O3/c1-12(13-8-4-3-5-9-13)18-16(20)14-10-6-7-11-15(14)19-17(21)22-2/h3-12H,1-2H3,(H,18,20)(H,19,21). The zero-order valence-electron chi connectivity index (χ0n) is 12.5. The quantitative estimate of drug-likeness (QED) is 0.909. The number of ether oxygens (including phenoxy) is 1. The molecule has 2 aromatic carbocycles. The van der Waals surface area contributed by atoms with Crippen LogP contribution in [0.1, 0.15) is 28.9 Å². The lowest BCUT2D eigenvalue weighted by molar-refractivity contribution is 0.0941. The predicted octanol–water partition coefficient (Wildman–Crippen LogP) is 3.36.